The smallest absolute Gasteiger partial charge is 0.224 e. The first-order chi connectivity index (χ1) is 15.0. The highest BCUT2D eigenvalue weighted by Crippen LogP contribution is 2.27. The number of carbonyl (C=O) groups is 2. The van der Waals surface area contributed by atoms with Gasteiger partial charge in [-0.15, -0.1) is 0 Å². The Labute approximate surface area is 182 Å². The molecular weight excluding hydrogens is 396 g/mol. The third-order valence-electron chi connectivity index (χ3n) is 6.06. The van der Waals surface area contributed by atoms with Crippen LogP contribution in [0.5, 0.6) is 5.75 Å². The van der Waals surface area contributed by atoms with E-state index in [4.69, 9.17) is 9.26 Å². The predicted molar refractivity (Wildman–Crippen MR) is 116 cm³/mol. The summed E-state index contributed by atoms with van der Waals surface area (Å²) in [5.74, 6) is 1.91. The Kier molecular flexibility index (Phi) is 6.56. The lowest BCUT2D eigenvalue weighted by Crippen LogP contribution is -2.48. The molecule has 1 saturated heterocycles. The van der Waals surface area contributed by atoms with Gasteiger partial charge in [-0.05, 0) is 50.5 Å². The van der Waals surface area contributed by atoms with Gasteiger partial charge in [0.15, 0.2) is 0 Å². The lowest BCUT2D eigenvalue weighted by molar-refractivity contribution is -0.133. The summed E-state index contributed by atoms with van der Waals surface area (Å²) in [5, 5.41) is 6.89. The van der Waals surface area contributed by atoms with Gasteiger partial charge in [0, 0.05) is 56.8 Å². The van der Waals surface area contributed by atoms with E-state index in [2.05, 4.69) is 15.4 Å². The Balaban J connectivity index is 1.16. The van der Waals surface area contributed by atoms with Gasteiger partial charge in [-0.2, -0.15) is 0 Å². The quantitative estimate of drug-likeness (QED) is 0.685. The molecule has 0 radical (unpaired) electrons. The maximum atomic E-state index is 12.6. The molecule has 31 heavy (non-hydrogen) atoms. The van der Waals surface area contributed by atoms with Crippen molar-refractivity contribution in [3.63, 3.8) is 0 Å². The largest absolute Gasteiger partial charge is 0.494 e. The molecule has 3 heterocycles. The Morgan fingerprint density at radius 1 is 1.19 bits per heavy atom. The number of carbonyl (C=O) groups excluding carboxylic acids is 2. The first kappa shape index (κ1) is 21.4. The summed E-state index contributed by atoms with van der Waals surface area (Å²) in [6.07, 6.45) is 2.42. The molecule has 2 aromatic rings. The first-order valence-corrected chi connectivity index (χ1v) is 11.0. The van der Waals surface area contributed by atoms with E-state index in [-0.39, 0.29) is 11.8 Å². The van der Waals surface area contributed by atoms with Crippen LogP contribution < -0.4 is 10.1 Å². The SMILES string of the molecule is Cc1noc(C)c1CN1CCN(C(=O)CCCOc2ccc3c(c2)CCC(=O)N3)CC1. The number of nitrogens with zero attached hydrogens (tertiary/aromatic N) is 3. The number of nitrogens with one attached hydrogen (secondary N) is 1. The van der Waals surface area contributed by atoms with Crippen molar-refractivity contribution in [2.75, 3.05) is 38.1 Å². The van der Waals surface area contributed by atoms with Crippen LogP contribution in [0.25, 0.3) is 0 Å². The van der Waals surface area contributed by atoms with Gasteiger partial charge in [-0.3, -0.25) is 14.5 Å². The third kappa shape index (κ3) is 5.25. The van der Waals surface area contributed by atoms with E-state index in [1.54, 1.807) is 0 Å². The molecule has 2 aliphatic heterocycles. The fourth-order valence-electron chi connectivity index (χ4n) is 4.13. The van der Waals surface area contributed by atoms with Crippen molar-refractivity contribution in [3.8, 4) is 5.75 Å². The fraction of sp³-hybridized carbons (Fsp3) is 0.522. The summed E-state index contributed by atoms with van der Waals surface area (Å²) in [4.78, 5) is 28.3. The van der Waals surface area contributed by atoms with Crippen LogP contribution in [-0.2, 0) is 22.6 Å². The van der Waals surface area contributed by atoms with Crippen LogP contribution in [0.1, 0.15) is 41.8 Å². The van der Waals surface area contributed by atoms with Gasteiger partial charge in [0.2, 0.25) is 11.8 Å². The van der Waals surface area contributed by atoms with E-state index in [1.165, 1.54) is 0 Å². The number of fused-ring (bicyclic) bond motifs is 1. The van der Waals surface area contributed by atoms with Gasteiger partial charge < -0.3 is 19.5 Å². The number of aryl methyl sites for hydroxylation is 3. The van der Waals surface area contributed by atoms with Gasteiger partial charge >= 0.3 is 0 Å². The highest BCUT2D eigenvalue weighted by molar-refractivity contribution is 5.94. The van der Waals surface area contributed by atoms with Crippen molar-refractivity contribution < 1.29 is 18.8 Å². The van der Waals surface area contributed by atoms with Crippen LogP contribution in [0.3, 0.4) is 0 Å². The third-order valence-corrected chi connectivity index (χ3v) is 6.06. The number of aromatic nitrogens is 1. The predicted octanol–water partition coefficient (Wildman–Crippen LogP) is 2.68. The van der Waals surface area contributed by atoms with E-state index in [0.29, 0.717) is 25.9 Å². The molecule has 166 valence electrons. The van der Waals surface area contributed by atoms with Crippen LogP contribution in [0.4, 0.5) is 5.69 Å². The number of piperazine rings is 1. The molecule has 1 fully saturated rings. The summed E-state index contributed by atoms with van der Waals surface area (Å²) in [6, 6.07) is 5.73. The molecule has 0 bridgehead atoms. The Morgan fingerprint density at radius 2 is 2.00 bits per heavy atom. The van der Waals surface area contributed by atoms with E-state index >= 15 is 0 Å². The lowest BCUT2D eigenvalue weighted by atomic mass is 10.0. The average molecular weight is 427 g/mol. The number of ether oxygens (including phenoxy) is 1. The van der Waals surface area contributed by atoms with Crippen molar-refractivity contribution >= 4 is 17.5 Å². The number of rotatable bonds is 7. The number of hydrogen-bond donors (Lipinski definition) is 1. The van der Waals surface area contributed by atoms with Gasteiger partial charge in [0.1, 0.15) is 11.5 Å². The summed E-state index contributed by atoms with van der Waals surface area (Å²) >= 11 is 0. The standard InChI is InChI=1S/C23H30N4O4/c1-16-20(17(2)31-25-16)15-26-9-11-27(12-10-26)23(29)4-3-13-30-19-6-7-21-18(14-19)5-8-22(28)24-21/h6-7,14H,3-5,8-13,15H2,1-2H3,(H,24,28). The summed E-state index contributed by atoms with van der Waals surface area (Å²) in [6.45, 7) is 8.45. The molecule has 8 nitrogen and oxygen atoms in total. The minimum absolute atomic E-state index is 0.0595. The first-order valence-electron chi connectivity index (χ1n) is 11.0. The van der Waals surface area contributed by atoms with Crippen molar-refractivity contribution in [3.05, 3.63) is 40.8 Å². The number of amides is 2. The van der Waals surface area contributed by atoms with Gasteiger partial charge in [0.25, 0.3) is 0 Å². The zero-order valence-corrected chi connectivity index (χ0v) is 18.3. The molecule has 0 atom stereocenters. The molecular formula is C23H30N4O4. The molecule has 1 N–H and O–H groups in total. The van der Waals surface area contributed by atoms with Gasteiger partial charge in [0.05, 0.1) is 12.3 Å². The van der Waals surface area contributed by atoms with Crippen molar-refractivity contribution in [1.29, 1.82) is 0 Å². The molecule has 8 heteroatoms. The van der Waals surface area contributed by atoms with Gasteiger partial charge in [-0.25, -0.2) is 0 Å². The number of benzene rings is 1. The maximum absolute atomic E-state index is 12.6. The van der Waals surface area contributed by atoms with E-state index in [9.17, 15) is 9.59 Å². The summed E-state index contributed by atoms with van der Waals surface area (Å²) in [5.41, 5.74) is 4.07. The minimum atomic E-state index is 0.0595. The molecule has 0 aliphatic carbocycles. The molecule has 0 saturated carbocycles. The molecule has 2 amide bonds. The maximum Gasteiger partial charge on any atom is 0.224 e. The second-order valence-electron chi connectivity index (χ2n) is 8.28. The van der Waals surface area contributed by atoms with E-state index < -0.39 is 0 Å². The second-order valence-corrected chi connectivity index (χ2v) is 8.28. The molecule has 4 rings (SSSR count). The summed E-state index contributed by atoms with van der Waals surface area (Å²) < 4.78 is 11.1. The molecule has 1 aromatic heterocycles. The monoisotopic (exact) mass is 426 g/mol. The van der Waals surface area contributed by atoms with E-state index in [1.807, 2.05) is 36.9 Å². The minimum Gasteiger partial charge on any atom is -0.494 e. The Morgan fingerprint density at radius 3 is 2.74 bits per heavy atom. The Hall–Kier alpha value is -2.87. The fourth-order valence-corrected chi connectivity index (χ4v) is 4.13. The topological polar surface area (TPSA) is 87.9 Å². The van der Waals surface area contributed by atoms with Crippen LogP contribution in [0.2, 0.25) is 0 Å². The number of hydrogen-bond acceptors (Lipinski definition) is 6. The normalized spacial score (nSPS) is 16.7. The van der Waals surface area contributed by atoms with E-state index in [0.717, 1.165) is 73.2 Å². The van der Waals surface area contributed by atoms with Crippen molar-refractivity contribution in [2.45, 2.75) is 46.1 Å². The van der Waals surface area contributed by atoms with Crippen LogP contribution in [0.15, 0.2) is 22.7 Å². The van der Waals surface area contributed by atoms with Crippen LogP contribution in [0, 0.1) is 13.8 Å². The lowest BCUT2D eigenvalue weighted by Gasteiger charge is -2.34. The molecule has 1 aromatic carbocycles. The van der Waals surface area contributed by atoms with Crippen LogP contribution in [-0.4, -0.2) is 59.6 Å². The average Bonchev–Trinajstić information content (AvgIpc) is 3.09. The zero-order chi connectivity index (χ0) is 21.8. The summed E-state index contributed by atoms with van der Waals surface area (Å²) in [7, 11) is 0. The molecule has 0 unspecified atom stereocenters. The second kappa shape index (κ2) is 9.51. The zero-order valence-electron chi connectivity index (χ0n) is 18.3. The Bertz CT molecular complexity index is 928. The number of anilines is 1. The molecule has 0 spiro atoms. The van der Waals surface area contributed by atoms with Gasteiger partial charge in [-0.1, -0.05) is 5.16 Å². The van der Waals surface area contributed by atoms with Crippen LogP contribution >= 0.6 is 0 Å². The highest BCUT2D eigenvalue weighted by atomic mass is 16.5. The van der Waals surface area contributed by atoms with Crippen molar-refractivity contribution in [2.24, 2.45) is 0 Å². The highest BCUT2D eigenvalue weighted by Gasteiger charge is 2.22. The molecule has 2 aliphatic rings. The van der Waals surface area contributed by atoms with Crippen molar-refractivity contribution in [1.82, 2.24) is 15.0 Å².